The van der Waals surface area contributed by atoms with Gasteiger partial charge in [0.15, 0.2) is 0 Å². The molecule has 0 saturated heterocycles. The lowest BCUT2D eigenvalue weighted by atomic mass is 10.1. The molecule has 1 atom stereocenters. The molecule has 0 aliphatic rings. The van der Waals surface area contributed by atoms with Gasteiger partial charge >= 0.3 is 0 Å². The highest BCUT2D eigenvalue weighted by atomic mass is 35.5. The molecule has 0 aliphatic heterocycles. The molecule has 0 bridgehead atoms. The van der Waals surface area contributed by atoms with Gasteiger partial charge in [-0.2, -0.15) is 0 Å². The molecule has 0 spiro atoms. The van der Waals surface area contributed by atoms with Gasteiger partial charge in [-0.05, 0) is 56.7 Å². The maximum atomic E-state index is 13.2. The van der Waals surface area contributed by atoms with Crippen molar-refractivity contribution < 1.29 is 27.1 Å². The number of furan rings is 1. The Morgan fingerprint density at radius 1 is 1.03 bits per heavy atom. The molecule has 10 heteroatoms. The van der Waals surface area contributed by atoms with E-state index in [1.165, 1.54) is 32.4 Å². The molecule has 0 aliphatic carbocycles. The maximum absolute atomic E-state index is 13.2. The summed E-state index contributed by atoms with van der Waals surface area (Å²) in [5, 5.41) is 3.02. The van der Waals surface area contributed by atoms with Gasteiger partial charge in [0, 0.05) is 11.6 Å². The van der Waals surface area contributed by atoms with Crippen LogP contribution in [0.1, 0.15) is 40.4 Å². The number of hydrogen-bond acceptors (Lipinski definition) is 6. The minimum Gasteiger partial charge on any atom is -0.495 e. The van der Waals surface area contributed by atoms with E-state index < -0.39 is 22.0 Å². The number of carbonyl (C=O) groups excluding carboxylic acids is 1. The fourth-order valence-electron chi connectivity index (χ4n) is 3.21. The fraction of sp³-hybridized carbons (Fsp3) is 0.261. The quantitative estimate of drug-likeness (QED) is 0.465. The number of anilines is 1. The van der Waals surface area contributed by atoms with Gasteiger partial charge in [-0.1, -0.05) is 17.7 Å². The van der Waals surface area contributed by atoms with Gasteiger partial charge in [0.05, 0.1) is 35.9 Å². The number of nitrogens with one attached hydrogen (secondary N) is 2. The number of ether oxygens (including phenoxy) is 2. The molecule has 2 N–H and O–H groups in total. The first-order valence-corrected chi connectivity index (χ1v) is 11.8. The Hall–Kier alpha value is -3.17. The Balaban J connectivity index is 1.89. The zero-order valence-electron chi connectivity index (χ0n) is 18.9. The average molecular weight is 493 g/mol. The summed E-state index contributed by atoms with van der Waals surface area (Å²) in [7, 11) is -1.23. The van der Waals surface area contributed by atoms with E-state index in [1.807, 2.05) is 6.92 Å². The summed E-state index contributed by atoms with van der Waals surface area (Å²) < 4.78 is 44.8. The molecule has 8 nitrogen and oxygen atoms in total. The number of hydrogen-bond donors (Lipinski definition) is 2. The number of methoxy groups -OCH3 is 2. The van der Waals surface area contributed by atoms with Crippen molar-refractivity contribution in [1.29, 1.82) is 0 Å². The van der Waals surface area contributed by atoms with Crippen LogP contribution in [0.3, 0.4) is 0 Å². The van der Waals surface area contributed by atoms with Crippen LogP contribution in [0.5, 0.6) is 11.5 Å². The number of rotatable bonds is 8. The van der Waals surface area contributed by atoms with Gasteiger partial charge in [0.2, 0.25) is 0 Å². The van der Waals surface area contributed by atoms with Crippen molar-refractivity contribution in [3.8, 4) is 11.5 Å². The first kappa shape index (κ1) is 24.5. The van der Waals surface area contributed by atoms with Crippen LogP contribution < -0.4 is 19.5 Å². The van der Waals surface area contributed by atoms with Crippen LogP contribution in [0, 0.1) is 13.8 Å². The second-order valence-electron chi connectivity index (χ2n) is 7.42. The monoisotopic (exact) mass is 492 g/mol. The highest BCUT2D eigenvalue weighted by Crippen LogP contribution is 2.37. The molecule has 0 radical (unpaired) electrons. The van der Waals surface area contributed by atoms with E-state index in [9.17, 15) is 13.2 Å². The van der Waals surface area contributed by atoms with Crippen molar-refractivity contribution in [2.45, 2.75) is 31.7 Å². The number of halogens is 1. The second-order valence-corrected chi connectivity index (χ2v) is 9.47. The number of amides is 1. The van der Waals surface area contributed by atoms with Crippen molar-refractivity contribution in [2.75, 3.05) is 18.9 Å². The fourth-order valence-corrected chi connectivity index (χ4v) is 4.78. The standard InChI is InChI=1S/C23H25ClN2O6S/c1-13-6-8-16(23(27)25-15(3)19-9-7-14(2)32-19)10-22(13)33(28,29)26-18-11-17(24)20(30-4)12-21(18)31-5/h6-12,15,26H,1-5H3,(H,25,27). The molecule has 1 heterocycles. The highest BCUT2D eigenvalue weighted by Gasteiger charge is 2.23. The van der Waals surface area contributed by atoms with E-state index in [2.05, 4.69) is 10.0 Å². The predicted molar refractivity (Wildman–Crippen MR) is 126 cm³/mol. The van der Waals surface area contributed by atoms with Crippen molar-refractivity contribution in [1.82, 2.24) is 5.32 Å². The first-order chi connectivity index (χ1) is 15.6. The summed E-state index contributed by atoms with van der Waals surface area (Å²) in [6, 6.07) is 10.5. The molecule has 3 aromatic rings. The summed E-state index contributed by atoms with van der Waals surface area (Å²) >= 11 is 6.16. The molecule has 1 unspecified atom stereocenters. The molecule has 33 heavy (non-hydrogen) atoms. The van der Waals surface area contributed by atoms with E-state index in [1.54, 1.807) is 38.1 Å². The van der Waals surface area contributed by atoms with Gasteiger partial charge in [-0.15, -0.1) is 0 Å². The molecule has 176 valence electrons. The molecule has 0 fully saturated rings. The van der Waals surface area contributed by atoms with Crippen molar-refractivity contribution in [3.63, 3.8) is 0 Å². The molecular formula is C23H25ClN2O6S. The summed E-state index contributed by atoms with van der Waals surface area (Å²) in [5.74, 6) is 1.47. The van der Waals surface area contributed by atoms with Gasteiger partial charge in [-0.3, -0.25) is 9.52 Å². The first-order valence-electron chi connectivity index (χ1n) is 9.98. The maximum Gasteiger partial charge on any atom is 0.262 e. The Bertz CT molecular complexity index is 1290. The summed E-state index contributed by atoms with van der Waals surface area (Å²) in [4.78, 5) is 12.7. The van der Waals surface area contributed by atoms with Crippen molar-refractivity contribution in [3.05, 3.63) is 70.1 Å². The lowest BCUT2D eigenvalue weighted by molar-refractivity contribution is 0.0935. The van der Waals surface area contributed by atoms with E-state index in [4.69, 9.17) is 25.5 Å². The zero-order valence-corrected chi connectivity index (χ0v) is 20.4. The predicted octanol–water partition coefficient (Wildman–Crippen LogP) is 4.86. The second kappa shape index (κ2) is 9.76. The SMILES string of the molecule is COc1cc(OC)c(NS(=O)(=O)c2cc(C(=O)NC(C)c3ccc(C)o3)ccc2C)cc1Cl. The van der Waals surface area contributed by atoms with Gasteiger partial charge in [-0.25, -0.2) is 8.42 Å². The Labute approximate surface area is 197 Å². The lowest BCUT2D eigenvalue weighted by Crippen LogP contribution is -2.27. The van der Waals surface area contributed by atoms with E-state index >= 15 is 0 Å². The Morgan fingerprint density at radius 2 is 1.73 bits per heavy atom. The largest absolute Gasteiger partial charge is 0.495 e. The highest BCUT2D eigenvalue weighted by molar-refractivity contribution is 7.92. The van der Waals surface area contributed by atoms with Crippen LogP contribution in [0.2, 0.25) is 5.02 Å². The average Bonchev–Trinajstić information content (AvgIpc) is 3.20. The molecule has 1 aromatic heterocycles. The summed E-state index contributed by atoms with van der Waals surface area (Å²) in [6.07, 6.45) is 0. The topological polar surface area (TPSA) is 107 Å². The molecular weight excluding hydrogens is 468 g/mol. The summed E-state index contributed by atoms with van der Waals surface area (Å²) in [6.45, 7) is 5.24. The lowest BCUT2D eigenvalue weighted by Gasteiger charge is -2.16. The smallest absolute Gasteiger partial charge is 0.262 e. The van der Waals surface area contributed by atoms with Crippen LogP contribution >= 0.6 is 11.6 Å². The van der Waals surface area contributed by atoms with E-state index in [-0.39, 0.29) is 26.9 Å². The van der Waals surface area contributed by atoms with Crippen molar-refractivity contribution >= 4 is 33.2 Å². The van der Waals surface area contributed by atoms with Gasteiger partial charge in [0.25, 0.3) is 15.9 Å². The molecule has 2 aromatic carbocycles. The minimum atomic E-state index is -4.07. The minimum absolute atomic E-state index is 0.0503. The number of benzene rings is 2. The van der Waals surface area contributed by atoms with Crippen LogP contribution in [0.4, 0.5) is 5.69 Å². The van der Waals surface area contributed by atoms with E-state index in [0.29, 0.717) is 17.1 Å². The van der Waals surface area contributed by atoms with Crippen LogP contribution in [0.15, 0.2) is 51.8 Å². The van der Waals surface area contributed by atoms with Gasteiger partial charge in [0.1, 0.15) is 23.0 Å². The Morgan fingerprint density at radius 3 is 2.33 bits per heavy atom. The summed E-state index contributed by atoms with van der Waals surface area (Å²) in [5.41, 5.74) is 0.794. The number of sulfonamides is 1. The van der Waals surface area contributed by atoms with Crippen LogP contribution in [0.25, 0.3) is 0 Å². The molecule has 0 saturated carbocycles. The number of carbonyl (C=O) groups is 1. The number of aryl methyl sites for hydroxylation is 2. The molecule has 3 rings (SSSR count). The van der Waals surface area contributed by atoms with Crippen molar-refractivity contribution in [2.24, 2.45) is 0 Å². The third kappa shape index (κ3) is 5.43. The van der Waals surface area contributed by atoms with Gasteiger partial charge < -0.3 is 19.2 Å². The Kier molecular flexibility index (Phi) is 7.24. The van der Waals surface area contributed by atoms with Crippen LogP contribution in [-0.4, -0.2) is 28.5 Å². The third-order valence-electron chi connectivity index (χ3n) is 4.99. The zero-order chi connectivity index (χ0) is 24.3. The van der Waals surface area contributed by atoms with E-state index in [0.717, 1.165) is 5.76 Å². The molecule has 1 amide bonds. The third-order valence-corrected chi connectivity index (χ3v) is 6.80. The van der Waals surface area contributed by atoms with Crippen LogP contribution in [-0.2, 0) is 10.0 Å². The normalized spacial score (nSPS) is 12.2.